The van der Waals surface area contributed by atoms with Gasteiger partial charge in [0, 0.05) is 18.5 Å². The number of unbranched alkanes of at least 4 members (excludes halogenated alkanes) is 1. The lowest BCUT2D eigenvalue weighted by Crippen LogP contribution is -2.42. The average molecular weight is 279 g/mol. The first-order valence-corrected chi connectivity index (χ1v) is 8.18. The van der Waals surface area contributed by atoms with Crippen LogP contribution in [0.3, 0.4) is 0 Å². The fraction of sp³-hybridized carbons (Fsp3) is 0.400. The molecule has 21 heavy (non-hydrogen) atoms. The summed E-state index contributed by atoms with van der Waals surface area (Å²) in [6.07, 6.45) is 2.55. The van der Waals surface area contributed by atoms with Gasteiger partial charge in [-0.1, -0.05) is 67.9 Å². The van der Waals surface area contributed by atoms with Crippen molar-refractivity contribution in [3.63, 3.8) is 0 Å². The lowest BCUT2D eigenvalue weighted by Gasteiger charge is -2.41. The zero-order valence-corrected chi connectivity index (χ0v) is 13.1. The summed E-state index contributed by atoms with van der Waals surface area (Å²) in [4.78, 5) is 2.66. The van der Waals surface area contributed by atoms with E-state index in [9.17, 15) is 0 Å². The Morgan fingerprint density at radius 1 is 1.00 bits per heavy atom. The predicted octanol–water partition coefficient (Wildman–Crippen LogP) is 4.82. The quantitative estimate of drug-likeness (QED) is 0.775. The molecule has 0 aliphatic carbocycles. The van der Waals surface area contributed by atoms with Gasteiger partial charge < -0.3 is 0 Å². The van der Waals surface area contributed by atoms with Gasteiger partial charge in [-0.25, -0.2) is 0 Å². The molecular formula is C20H25N. The Hall–Kier alpha value is -1.60. The van der Waals surface area contributed by atoms with Crippen LogP contribution in [0.25, 0.3) is 0 Å². The highest BCUT2D eigenvalue weighted by atomic mass is 15.2. The van der Waals surface area contributed by atoms with Crippen LogP contribution in [0.5, 0.6) is 0 Å². The second kappa shape index (κ2) is 6.44. The Kier molecular flexibility index (Phi) is 4.40. The lowest BCUT2D eigenvalue weighted by atomic mass is 9.79. The van der Waals surface area contributed by atoms with E-state index in [1.165, 1.54) is 36.1 Å². The fourth-order valence-electron chi connectivity index (χ4n) is 3.58. The summed E-state index contributed by atoms with van der Waals surface area (Å²) in [5, 5.41) is 0. The number of benzene rings is 2. The maximum Gasteiger partial charge on any atom is 0.0246 e. The molecule has 0 fully saturated rings. The van der Waals surface area contributed by atoms with Crippen molar-refractivity contribution >= 4 is 0 Å². The van der Waals surface area contributed by atoms with E-state index in [-0.39, 0.29) is 0 Å². The van der Waals surface area contributed by atoms with E-state index in [1.807, 2.05) is 0 Å². The highest BCUT2D eigenvalue weighted by Gasteiger charge is 2.32. The van der Waals surface area contributed by atoms with Crippen LogP contribution in [0, 0.1) is 0 Å². The first-order valence-electron chi connectivity index (χ1n) is 8.18. The van der Waals surface area contributed by atoms with Crippen molar-refractivity contribution < 1.29 is 0 Å². The molecule has 0 aromatic heterocycles. The minimum absolute atomic E-state index is 0.494. The second-order valence-electron chi connectivity index (χ2n) is 6.15. The lowest BCUT2D eigenvalue weighted by molar-refractivity contribution is 0.166. The number of hydrogen-bond acceptors (Lipinski definition) is 1. The molecule has 0 amide bonds. The van der Waals surface area contributed by atoms with E-state index in [1.54, 1.807) is 0 Å². The minimum atomic E-state index is 0.494. The highest BCUT2D eigenvalue weighted by molar-refractivity contribution is 5.41. The molecule has 0 bridgehead atoms. The number of nitrogens with zero attached hydrogens (tertiary/aromatic N) is 1. The van der Waals surface area contributed by atoms with Crippen molar-refractivity contribution in [2.24, 2.45) is 0 Å². The standard InChI is InChI=1S/C20H25N/c1-3-4-14-21-15-18-12-8-9-13-19(18)20(16(21)2)17-10-6-5-7-11-17/h5-13,16,20H,3-4,14-15H2,1-2H3. The van der Waals surface area contributed by atoms with E-state index in [4.69, 9.17) is 0 Å². The molecule has 0 radical (unpaired) electrons. The normalized spacial score (nSPS) is 22.0. The van der Waals surface area contributed by atoms with Crippen LogP contribution in [0.15, 0.2) is 54.6 Å². The van der Waals surface area contributed by atoms with Crippen molar-refractivity contribution in [1.29, 1.82) is 0 Å². The molecule has 3 rings (SSSR count). The predicted molar refractivity (Wildman–Crippen MR) is 89.5 cm³/mol. The van der Waals surface area contributed by atoms with Gasteiger partial charge in [0.1, 0.15) is 0 Å². The van der Waals surface area contributed by atoms with Crippen LogP contribution in [0.1, 0.15) is 49.3 Å². The molecule has 1 aliphatic heterocycles. The summed E-state index contributed by atoms with van der Waals surface area (Å²) in [7, 11) is 0. The zero-order valence-electron chi connectivity index (χ0n) is 13.1. The van der Waals surface area contributed by atoms with Gasteiger partial charge in [-0.2, -0.15) is 0 Å². The molecule has 0 saturated heterocycles. The Morgan fingerprint density at radius 2 is 1.71 bits per heavy atom. The van der Waals surface area contributed by atoms with Gasteiger partial charge in [0.2, 0.25) is 0 Å². The molecule has 2 aromatic rings. The summed E-state index contributed by atoms with van der Waals surface area (Å²) in [5.41, 5.74) is 4.46. The van der Waals surface area contributed by atoms with Crippen LogP contribution in [-0.2, 0) is 6.54 Å². The molecule has 2 aromatic carbocycles. The largest absolute Gasteiger partial charge is 0.295 e. The number of hydrogen-bond donors (Lipinski definition) is 0. The maximum atomic E-state index is 2.66. The Bertz CT molecular complexity index is 575. The van der Waals surface area contributed by atoms with Gasteiger partial charge in [0.05, 0.1) is 0 Å². The van der Waals surface area contributed by atoms with E-state index >= 15 is 0 Å². The molecule has 1 heteroatoms. The molecule has 110 valence electrons. The molecule has 2 atom stereocenters. The minimum Gasteiger partial charge on any atom is -0.295 e. The van der Waals surface area contributed by atoms with Crippen LogP contribution in [0.4, 0.5) is 0 Å². The monoisotopic (exact) mass is 279 g/mol. The maximum absolute atomic E-state index is 2.66. The van der Waals surface area contributed by atoms with E-state index < -0.39 is 0 Å². The third kappa shape index (κ3) is 2.89. The Balaban J connectivity index is 1.99. The van der Waals surface area contributed by atoms with Gasteiger partial charge in [-0.05, 0) is 36.6 Å². The summed E-state index contributed by atoms with van der Waals surface area (Å²) >= 11 is 0. The number of rotatable bonds is 4. The topological polar surface area (TPSA) is 3.24 Å². The second-order valence-corrected chi connectivity index (χ2v) is 6.15. The Morgan fingerprint density at radius 3 is 2.48 bits per heavy atom. The van der Waals surface area contributed by atoms with Gasteiger partial charge in [0.15, 0.2) is 0 Å². The molecule has 1 nitrogen and oxygen atoms in total. The van der Waals surface area contributed by atoms with Gasteiger partial charge in [-0.3, -0.25) is 4.90 Å². The molecule has 0 N–H and O–H groups in total. The van der Waals surface area contributed by atoms with E-state index in [0.717, 1.165) is 6.54 Å². The molecule has 1 heterocycles. The molecular weight excluding hydrogens is 254 g/mol. The van der Waals surface area contributed by atoms with Crippen LogP contribution >= 0.6 is 0 Å². The highest BCUT2D eigenvalue weighted by Crippen LogP contribution is 2.37. The zero-order chi connectivity index (χ0) is 14.7. The molecule has 0 saturated carbocycles. The average Bonchev–Trinajstić information content (AvgIpc) is 2.54. The summed E-state index contributed by atoms with van der Waals surface area (Å²) in [6, 6.07) is 20.5. The third-order valence-corrected chi connectivity index (χ3v) is 4.78. The van der Waals surface area contributed by atoms with Crippen molar-refractivity contribution in [1.82, 2.24) is 4.90 Å². The number of fused-ring (bicyclic) bond motifs is 1. The molecule has 1 aliphatic rings. The first kappa shape index (κ1) is 14.3. The van der Waals surface area contributed by atoms with Crippen molar-refractivity contribution in [2.75, 3.05) is 6.54 Å². The SMILES string of the molecule is CCCCN1Cc2ccccc2C(c2ccccc2)C1C. The first-order chi connectivity index (χ1) is 10.3. The van der Waals surface area contributed by atoms with Crippen molar-refractivity contribution in [3.05, 3.63) is 71.3 Å². The van der Waals surface area contributed by atoms with Gasteiger partial charge in [-0.15, -0.1) is 0 Å². The van der Waals surface area contributed by atoms with E-state index in [2.05, 4.69) is 73.3 Å². The third-order valence-electron chi connectivity index (χ3n) is 4.78. The van der Waals surface area contributed by atoms with Gasteiger partial charge >= 0.3 is 0 Å². The van der Waals surface area contributed by atoms with Gasteiger partial charge in [0.25, 0.3) is 0 Å². The van der Waals surface area contributed by atoms with Crippen LogP contribution in [-0.4, -0.2) is 17.5 Å². The summed E-state index contributed by atoms with van der Waals surface area (Å²) in [6.45, 7) is 6.97. The summed E-state index contributed by atoms with van der Waals surface area (Å²) < 4.78 is 0. The fourth-order valence-corrected chi connectivity index (χ4v) is 3.58. The van der Waals surface area contributed by atoms with Crippen LogP contribution in [0.2, 0.25) is 0 Å². The van der Waals surface area contributed by atoms with Crippen LogP contribution < -0.4 is 0 Å². The summed E-state index contributed by atoms with van der Waals surface area (Å²) in [5.74, 6) is 0.494. The van der Waals surface area contributed by atoms with Crippen molar-refractivity contribution in [2.45, 2.75) is 45.2 Å². The van der Waals surface area contributed by atoms with Crippen molar-refractivity contribution in [3.8, 4) is 0 Å². The molecule has 0 spiro atoms. The van der Waals surface area contributed by atoms with E-state index in [0.29, 0.717) is 12.0 Å². The smallest absolute Gasteiger partial charge is 0.0246 e. The Labute approximate surface area is 128 Å². The molecule has 2 unspecified atom stereocenters.